The summed E-state index contributed by atoms with van der Waals surface area (Å²) in [6.07, 6.45) is 5.19. The van der Waals surface area contributed by atoms with Crippen molar-refractivity contribution in [2.45, 2.75) is 45.7 Å². The predicted octanol–water partition coefficient (Wildman–Crippen LogP) is 7.67. The number of fused-ring (bicyclic) bond motifs is 3. The van der Waals surface area contributed by atoms with E-state index in [0.717, 1.165) is 43.8 Å². The third-order valence-corrected chi connectivity index (χ3v) is 11.2. The lowest BCUT2D eigenvalue weighted by atomic mass is 9.94. The Hall–Kier alpha value is -5.73. The van der Waals surface area contributed by atoms with E-state index in [1.54, 1.807) is 12.7 Å². The number of thiazole rings is 2. The van der Waals surface area contributed by atoms with Gasteiger partial charge in [-0.1, -0.05) is 35.6 Å². The van der Waals surface area contributed by atoms with Gasteiger partial charge < -0.3 is 19.3 Å². The first-order valence-electron chi connectivity index (χ1n) is 17.0. The zero-order valence-electron chi connectivity index (χ0n) is 28.4. The van der Waals surface area contributed by atoms with Gasteiger partial charge in [0.05, 0.1) is 23.2 Å². The highest BCUT2D eigenvalue weighted by Crippen LogP contribution is 2.34. The van der Waals surface area contributed by atoms with E-state index in [1.807, 2.05) is 71.3 Å². The third kappa shape index (κ3) is 6.58. The van der Waals surface area contributed by atoms with Crippen LogP contribution in [0.1, 0.15) is 63.2 Å². The highest BCUT2D eigenvalue weighted by Gasteiger charge is 2.27. The largest absolute Gasteiger partial charge is 0.494 e. The number of hydrogen-bond donors (Lipinski definition) is 2. The fourth-order valence-electron chi connectivity index (χ4n) is 6.43. The van der Waals surface area contributed by atoms with Crippen molar-refractivity contribution in [2.24, 2.45) is 0 Å². The number of carboxylic acids is 1. The van der Waals surface area contributed by atoms with Gasteiger partial charge in [0, 0.05) is 35.1 Å². The van der Waals surface area contributed by atoms with Crippen LogP contribution in [-0.4, -0.2) is 59.6 Å². The summed E-state index contributed by atoms with van der Waals surface area (Å²) in [4.78, 5) is 51.1. The molecule has 1 amide bonds. The molecule has 0 spiro atoms. The molecule has 5 heterocycles. The summed E-state index contributed by atoms with van der Waals surface area (Å²) >= 11 is 2.82. The number of rotatable bonds is 11. The van der Waals surface area contributed by atoms with Gasteiger partial charge in [0.2, 0.25) is 0 Å². The van der Waals surface area contributed by atoms with Crippen LogP contribution in [0.3, 0.4) is 0 Å². The lowest BCUT2D eigenvalue weighted by Gasteiger charge is -2.29. The Kier molecular flexibility index (Phi) is 9.07. The van der Waals surface area contributed by atoms with Crippen LogP contribution in [0.2, 0.25) is 0 Å². The van der Waals surface area contributed by atoms with Crippen molar-refractivity contribution in [3.63, 3.8) is 0 Å². The highest BCUT2D eigenvalue weighted by molar-refractivity contribution is 7.22. The fraction of sp³-hybridized carbons (Fsp3) is 0.237. The average Bonchev–Trinajstić information content (AvgIpc) is 3.90. The van der Waals surface area contributed by atoms with Crippen LogP contribution < -0.4 is 15.0 Å². The second-order valence-electron chi connectivity index (χ2n) is 12.7. The van der Waals surface area contributed by atoms with E-state index >= 15 is 0 Å². The maximum absolute atomic E-state index is 13.5. The molecule has 7 aromatic rings. The van der Waals surface area contributed by atoms with Crippen LogP contribution in [0.15, 0.2) is 79.4 Å². The number of ether oxygens (including phenoxy) is 1. The van der Waals surface area contributed by atoms with E-state index in [1.165, 1.54) is 22.7 Å². The number of aromatic carboxylic acids is 1. The second-order valence-corrected chi connectivity index (χ2v) is 14.8. The summed E-state index contributed by atoms with van der Waals surface area (Å²) in [7, 11) is 0. The number of nitrogens with one attached hydrogen (secondary N) is 1. The third-order valence-electron chi connectivity index (χ3n) is 9.05. The summed E-state index contributed by atoms with van der Waals surface area (Å²) in [5, 5.41) is 14.2. The molecule has 262 valence electrons. The molecule has 0 atom stereocenters. The molecule has 3 aromatic carbocycles. The number of carboxylic acid groups (broad SMARTS) is 1. The minimum Gasteiger partial charge on any atom is -0.494 e. The maximum Gasteiger partial charge on any atom is 0.355 e. The van der Waals surface area contributed by atoms with Crippen molar-refractivity contribution in [3.8, 4) is 17.0 Å². The molecule has 0 fully saturated rings. The summed E-state index contributed by atoms with van der Waals surface area (Å²) in [5.41, 5.74) is 6.72. The standard InChI is InChI=1S/C38H34N8O4S2/c1-22(2)46-21-41-33-31(39-20-40-34(33)46)24-12-14-25(15-13-24)50-18-6-11-30-32(36(48)49)43-38(52-30)45-17-16-23-7-5-8-26(27(23)19-45)35(47)44-37-42-28-9-3-4-10-29(28)51-37/h3-5,7-10,12-15,20-22H,6,11,16-19H2,1-2H3,(H,48,49)(H,42,44,47). The van der Waals surface area contributed by atoms with Gasteiger partial charge in [-0.15, -0.1) is 11.3 Å². The molecule has 8 rings (SSSR count). The van der Waals surface area contributed by atoms with Crippen LogP contribution in [-0.2, 0) is 19.4 Å². The van der Waals surface area contributed by atoms with Crippen LogP contribution in [0.5, 0.6) is 5.75 Å². The monoisotopic (exact) mass is 730 g/mol. The Bertz CT molecular complexity index is 2400. The molecule has 0 saturated carbocycles. The lowest BCUT2D eigenvalue weighted by Crippen LogP contribution is -2.32. The molecule has 52 heavy (non-hydrogen) atoms. The zero-order valence-corrected chi connectivity index (χ0v) is 30.1. The first-order chi connectivity index (χ1) is 25.3. The van der Waals surface area contributed by atoms with E-state index in [4.69, 9.17) is 4.74 Å². The first-order valence-corrected chi connectivity index (χ1v) is 18.6. The second kappa shape index (κ2) is 14.1. The number of imidazole rings is 1. The average molecular weight is 731 g/mol. The molecule has 1 aliphatic heterocycles. The zero-order chi connectivity index (χ0) is 35.8. The van der Waals surface area contributed by atoms with Crippen molar-refractivity contribution in [3.05, 3.63) is 107 Å². The Balaban J connectivity index is 0.914. The van der Waals surface area contributed by atoms with Gasteiger partial charge in [-0.05, 0) is 86.7 Å². The molecule has 0 aliphatic carbocycles. The first kappa shape index (κ1) is 33.4. The molecule has 0 bridgehead atoms. The molecule has 0 radical (unpaired) electrons. The molecule has 2 N–H and O–H groups in total. The number of amides is 1. The molecular formula is C38H34N8O4S2. The van der Waals surface area contributed by atoms with E-state index in [0.29, 0.717) is 65.4 Å². The number of nitrogens with zero attached hydrogens (tertiary/aromatic N) is 7. The SMILES string of the molecule is CC(C)n1cnc2c(-c3ccc(OCCCc4sc(N5CCc6cccc(C(=O)Nc7nc8ccccc8s7)c6C5)nc4C(=O)O)cc3)ncnc21. The van der Waals surface area contributed by atoms with Gasteiger partial charge in [-0.2, -0.15) is 0 Å². The van der Waals surface area contributed by atoms with Crippen LogP contribution in [0.25, 0.3) is 32.6 Å². The quantitative estimate of drug-likeness (QED) is 0.127. The van der Waals surface area contributed by atoms with E-state index < -0.39 is 5.97 Å². The minimum atomic E-state index is -1.06. The Morgan fingerprint density at radius 1 is 0.981 bits per heavy atom. The molecule has 0 unspecified atom stereocenters. The van der Waals surface area contributed by atoms with Gasteiger partial charge >= 0.3 is 5.97 Å². The van der Waals surface area contributed by atoms with E-state index in [9.17, 15) is 14.7 Å². The summed E-state index contributed by atoms with van der Waals surface area (Å²) in [5.74, 6) is -0.567. The highest BCUT2D eigenvalue weighted by atomic mass is 32.1. The van der Waals surface area contributed by atoms with Crippen molar-refractivity contribution in [2.75, 3.05) is 23.4 Å². The smallest absolute Gasteiger partial charge is 0.355 e. The number of para-hydroxylation sites is 1. The van der Waals surface area contributed by atoms with Gasteiger partial charge in [-0.3, -0.25) is 10.1 Å². The molecule has 14 heteroatoms. The van der Waals surface area contributed by atoms with Gasteiger partial charge in [0.15, 0.2) is 21.6 Å². The number of aryl methyl sites for hydroxylation is 1. The van der Waals surface area contributed by atoms with E-state index in [2.05, 4.69) is 49.0 Å². The number of aromatic nitrogens is 6. The number of carbonyl (C=O) groups is 2. The summed E-state index contributed by atoms with van der Waals surface area (Å²) in [6, 6.07) is 21.5. The van der Waals surface area contributed by atoms with Crippen molar-refractivity contribution < 1.29 is 19.4 Å². The Morgan fingerprint density at radius 2 is 1.83 bits per heavy atom. The van der Waals surface area contributed by atoms with Gasteiger partial charge in [-0.25, -0.2) is 29.7 Å². The van der Waals surface area contributed by atoms with Gasteiger partial charge in [0.25, 0.3) is 5.91 Å². The number of hydrogen-bond acceptors (Lipinski definition) is 11. The molecule has 4 aromatic heterocycles. The Labute approximate surface area is 306 Å². The normalized spacial score (nSPS) is 12.8. The number of benzene rings is 3. The number of carbonyl (C=O) groups excluding carboxylic acids is 1. The van der Waals surface area contributed by atoms with Crippen molar-refractivity contribution in [1.82, 2.24) is 29.5 Å². The predicted molar refractivity (Wildman–Crippen MR) is 203 cm³/mol. The molecule has 1 aliphatic rings. The van der Waals surface area contributed by atoms with Crippen LogP contribution in [0, 0.1) is 0 Å². The van der Waals surface area contributed by atoms with Crippen LogP contribution >= 0.6 is 22.7 Å². The maximum atomic E-state index is 13.5. The Morgan fingerprint density at radius 3 is 2.63 bits per heavy atom. The van der Waals surface area contributed by atoms with E-state index in [-0.39, 0.29) is 17.6 Å². The molecular weight excluding hydrogens is 697 g/mol. The summed E-state index contributed by atoms with van der Waals surface area (Å²) in [6.45, 7) is 5.70. The fourth-order valence-corrected chi connectivity index (χ4v) is 8.41. The molecule has 12 nitrogen and oxygen atoms in total. The minimum absolute atomic E-state index is 0.0630. The van der Waals surface area contributed by atoms with Crippen molar-refractivity contribution >= 4 is 66.2 Å². The topological polar surface area (TPSA) is 148 Å². The number of anilines is 2. The molecule has 0 saturated heterocycles. The lowest BCUT2D eigenvalue weighted by molar-refractivity contribution is 0.0690. The summed E-state index contributed by atoms with van der Waals surface area (Å²) < 4.78 is 9.06. The van der Waals surface area contributed by atoms with Crippen LogP contribution in [0.4, 0.5) is 10.3 Å². The van der Waals surface area contributed by atoms with Gasteiger partial charge in [0.1, 0.15) is 23.3 Å². The van der Waals surface area contributed by atoms with Crippen molar-refractivity contribution in [1.29, 1.82) is 0 Å².